The highest BCUT2D eigenvalue weighted by molar-refractivity contribution is 5.97. The fraction of sp³-hybridized carbons (Fsp3) is 0.375. The lowest BCUT2D eigenvalue weighted by Gasteiger charge is -2.28. The Morgan fingerprint density at radius 3 is 2.96 bits per heavy atom. The van der Waals surface area contributed by atoms with E-state index >= 15 is 0 Å². The van der Waals surface area contributed by atoms with E-state index in [0.29, 0.717) is 24.5 Å². The summed E-state index contributed by atoms with van der Waals surface area (Å²) in [6, 6.07) is 5.81. The Labute approximate surface area is 138 Å². The van der Waals surface area contributed by atoms with Crippen molar-refractivity contribution in [2.24, 2.45) is 5.92 Å². The Bertz CT molecular complexity index is 711. The van der Waals surface area contributed by atoms with Crippen molar-refractivity contribution in [2.75, 3.05) is 13.2 Å². The van der Waals surface area contributed by atoms with Gasteiger partial charge in [-0.25, -0.2) is 9.48 Å². The van der Waals surface area contributed by atoms with E-state index in [2.05, 4.69) is 15.6 Å². The maximum Gasteiger partial charge on any atom is 0.326 e. The molecule has 0 saturated carbocycles. The van der Waals surface area contributed by atoms with Crippen molar-refractivity contribution < 1.29 is 19.4 Å². The Hall–Kier alpha value is -2.74. The smallest absolute Gasteiger partial charge is 0.326 e. The second kappa shape index (κ2) is 7.22. The zero-order valence-electron chi connectivity index (χ0n) is 13.0. The van der Waals surface area contributed by atoms with Crippen LogP contribution in [0.1, 0.15) is 23.2 Å². The number of carbonyl (C=O) groups excluding carboxylic acids is 1. The van der Waals surface area contributed by atoms with E-state index in [-0.39, 0.29) is 5.92 Å². The van der Waals surface area contributed by atoms with Crippen LogP contribution >= 0.6 is 0 Å². The molecule has 2 atom stereocenters. The lowest BCUT2D eigenvalue weighted by atomic mass is 9.93. The largest absolute Gasteiger partial charge is 0.480 e. The molecular formula is C16H18N4O4. The first kappa shape index (κ1) is 16.1. The van der Waals surface area contributed by atoms with E-state index in [1.807, 2.05) is 0 Å². The third-order valence-corrected chi connectivity index (χ3v) is 4.01. The maximum atomic E-state index is 12.5. The SMILES string of the molecule is O=C(N[C@@H](C(=O)O)[C@@H]1CCCOC1)c1cccc(-n2ccnn2)c1. The van der Waals surface area contributed by atoms with Crippen LogP contribution in [0.2, 0.25) is 0 Å². The number of carboxylic acid groups (broad SMARTS) is 1. The van der Waals surface area contributed by atoms with E-state index < -0.39 is 17.9 Å². The average Bonchev–Trinajstić information content (AvgIpc) is 3.15. The summed E-state index contributed by atoms with van der Waals surface area (Å²) in [6.45, 7) is 0.979. The molecule has 0 bridgehead atoms. The minimum absolute atomic E-state index is 0.223. The highest BCUT2D eigenvalue weighted by Gasteiger charge is 2.31. The first-order chi connectivity index (χ1) is 11.6. The van der Waals surface area contributed by atoms with Gasteiger partial charge in [-0.15, -0.1) is 5.10 Å². The van der Waals surface area contributed by atoms with Gasteiger partial charge >= 0.3 is 5.97 Å². The molecule has 0 spiro atoms. The molecule has 2 N–H and O–H groups in total. The molecule has 1 aromatic carbocycles. The molecule has 0 radical (unpaired) electrons. The number of nitrogens with one attached hydrogen (secondary N) is 1. The van der Waals surface area contributed by atoms with E-state index in [9.17, 15) is 14.7 Å². The van der Waals surface area contributed by atoms with Crippen molar-refractivity contribution in [1.29, 1.82) is 0 Å². The van der Waals surface area contributed by atoms with Gasteiger partial charge in [0.25, 0.3) is 5.91 Å². The highest BCUT2D eigenvalue weighted by atomic mass is 16.5. The second-order valence-corrected chi connectivity index (χ2v) is 5.66. The lowest BCUT2D eigenvalue weighted by molar-refractivity contribution is -0.142. The van der Waals surface area contributed by atoms with Gasteiger partial charge in [-0.2, -0.15) is 0 Å². The van der Waals surface area contributed by atoms with Crippen molar-refractivity contribution in [1.82, 2.24) is 20.3 Å². The van der Waals surface area contributed by atoms with Gasteiger partial charge in [0.1, 0.15) is 6.04 Å². The molecule has 2 heterocycles. The molecule has 1 aliphatic heterocycles. The summed E-state index contributed by atoms with van der Waals surface area (Å²) in [5, 5.41) is 19.6. The summed E-state index contributed by atoms with van der Waals surface area (Å²) in [5.74, 6) is -1.71. The van der Waals surface area contributed by atoms with Gasteiger partial charge in [-0.05, 0) is 31.0 Å². The van der Waals surface area contributed by atoms with E-state index in [1.54, 1.807) is 30.5 Å². The van der Waals surface area contributed by atoms with Crippen LogP contribution in [0.25, 0.3) is 5.69 Å². The van der Waals surface area contributed by atoms with E-state index in [1.165, 1.54) is 10.9 Å². The van der Waals surface area contributed by atoms with E-state index in [0.717, 1.165) is 12.8 Å². The minimum atomic E-state index is -1.05. The number of hydrogen-bond acceptors (Lipinski definition) is 5. The predicted octanol–water partition coefficient (Wildman–Crippen LogP) is 0.877. The van der Waals surface area contributed by atoms with Gasteiger partial charge in [0.2, 0.25) is 0 Å². The summed E-state index contributed by atoms with van der Waals surface area (Å²) in [5.41, 5.74) is 1.04. The van der Waals surface area contributed by atoms with Gasteiger partial charge in [0.05, 0.1) is 24.7 Å². The minimum Gasteiger partial charge on any atom is -0.480 e. The zero-order valence-corrected chi connectivity index (χ0v) is 13.0. The van der Waals surface area contributed by atoms with Crippen molar-refractivity contribution >= 4 is 11.9 Å². The molecule has 1 amide bonds. The Kier molecular flexibility index (Phi) is 4.85. The van der Waals surface area contributed by atoms with Gasteiger partial charge < -0.3 is 15.2 Å². The van der Waals surface area contributed by atoms with Crippen LogP contribution in [0.15, 0.2) is 36.7 Å². The Balaban J connectivity index is 1.75. The molecule has 2 aromatic rings. The number of ether oxygens (including phenoxy) is 1. The number of carboxylic acids is 1. The van der Waals surface area contributed by atoms with Crippen molar-refractivity contribution in [2.45, 2.75) is 18.9 Å². The number of benzene rings is 1. The Morgan fingerprint density at radius 2 is 2.29 bits per heavy atom. The van der Waals surface area contributed by atoms with Gasteiger partial charge in [-0.1, -0.05) is 11.3 Å². The fourth-order valence-corrected chi connectivity index (χ4v) is 2.77. The van der Waals surface area contributed by atoms with Crippen LogP contribution < -0.4 is 5.32 Å². The number of aliphatic carboxylic acids is 1. The summed E-state index contributed by atoms with van der Waals surface area (Å²) in [6.07, 6.45) is 4.72. The molecule has 1 saturated heterocycles. The molecule has 0 unspecified atom stereocenters. The van der Waals surface area contributed by atoms with Gasteiger partial charge in [0, 0.05) is 18.1 Å². The highest BCUT2D eigenvalue weighted by Crippen LogP contribution is 2.18. The molecule has 24 heavy (non-hydrogen) atoms. The number of amides is 1. The summed E-state index contributed by atoms with van der Waals surface area (Å²) >= 11 is 0. The molecule has 126 valence electrons. The molecule has 1 aromatic heterocycles. The topological polar surface area (TPSA) is 106 Å². The summed E-state index contributed by atoms with van der Waals surface area (Å²) in [4.78, 5) is 24.0. The van der Waals surface area contributed by atoms with Crippen LogP contribution in [-0.2, 0) is 9.53 Å². The fourth-order valence-electron chi connectivity index (χ4n) is 2.77. The number of aromatic nitrogens is 3. The number of rotatable bonds is 5. The maximum absolute atomic E-state index is 12.5. The number of nitrogens with zero attached hydrogens (tertiary/aromatic N) is 3. The van der Waals surface area contributed by atoms with Crippen LogP contribution in [0.3, 0.4) is 0 Å². The summed E-state index contributed by atoms with van der Waals surface area (Å²) < 4.78 is 6.86. The number of hydrogen-bond donors (Lipinski definition) is 2. The van der Waals surface area contributed by atoms with Crippen molar-refractivity contribution in [3.63, 3.8) is 0 Å². The molecule has 3 rings (SSSR count). The number of carbonyl (C=O) groups is 2. The standard InChI is InChI=1S/C16H18N4O4/c21-15(18-14(16(22)23)12-4-2-8-24-10-12)11-3-1-5-13(9-11)20-7-6-17-19-20/h1,3,5-7,9,12,14H,2,4,8,10H2,(H,18,21)(H,22,23)/t12-,14-/m1/s1. The van der Waals surface area contributed by atoms with Crippen LogP contribution in [0.5, 0.6) is 0 Å². The second-order valence-electron chi connectivity index (χ2n) is 5.66. The van der Waals surface area contributed by atoms with Crippen LogP contribution in [0, 0.1) is 5.92 Å². The molecule has 8 nitrogen and oxygen atoms in total. The quantitative estimate of drug-likeness (QED) is 0.843. The van der Waals surface area contributed by atoms with Gasteiger partial charge in [-0.3, -0.25) is 4.79 Å². The Morgan fingerprint density at radius 1 is 1.42 bits per heavy atom. The lowest BCUT2D eigenvalue weighted by Crippen LogP contribution is -2.48. The molecule has 1 aliphatic rings. The first-order valence-corrected chi connectivity index (χ1v) is 7.73. The van der Waals surface area contributed by atoms with Crippen LogP contribution in [-0.4, -0.2) is 51.2 Å². The van der Waals surface area contributed by atoms with Crippen LogP contribution in [0.4, 0.5) is 0 Å². The monoisotopic (exact) mass is 330 g/mol. The summed E-state index contributed by atoms with van der Waals surface area (Å²) in [7, 11) is 0. The third-order valence-electron chi connectivity index (χ3n) is 4.01. The van der Waals surface area contributed by atoms with Gasteiger partial charge in [0.15, 0.2) is 0 Å². The molecule has 8 heteroatoms. The first-order valence-electron chi connectivity index (χ1n) is 7.73. The van der Waals surface area contributed by atoms with Crippen molar-refractivity contribution in [3.8, 4) is 5.69 Å². The third kappa shape index (κ3) is 3.60. The van der Waals surface area contributed by atoms with Crippen molar-refractivity contribution in [3.05, 3.63) is 42.2 Å². The zero-order chi connectivity index (χ0) is 16.9. The van der Waals surface area contributed by atoms with E-state index in [4.69, 9.17) is 4.74 Å². The molecular weight excluding hydrogens is 312 g/mol. The average molecular weight is 330 g/mol. The molecule has 1 fully saturated rings. The normalized spacial score (nSPS) is 18.8. The molecule has 0 aliphatic carbocycles. The predicted molar refractivity (Wildman–Crippen MR) is 83.8 cm³/mol.